The highest BCUT2D eigenvalue weighted by atomic mass is 19.4. The molecule has 116 valence electrons. The van der Waals surface area contributed by atoms with E-state index in [1.807, 2.05) is 5.32 Å². The van der Waals surface area contributed by atoms with Gasteiger partial charge in [-0.25, -0.2) is 4.98 Å². The second-order valence-electron chi connectivity index (χ2n) is 5.07. The predicted molar refractivity (Wildman–Crippen MR) is 69.0 cm³/mol. The number of nitrogens with one attached hydrogen (secondary N) is 1. The van der Waals surface area contributed by atoms with Crippen molar-refractivity contribution in [3.63, 3.8) is 0 Å². The first-order valence-electron chi connectivity index (χ1n) is 6.67. The lowest BCUT2D eigenvalue weighted by Crippen LogP contribution is -2.38. The number of alkyl halides is 3. The summed E-state index contributed by atoms with van der Waals surface area (Å²) < 4.78 is 44.7. The van der Waals surface area contributed by atoms with Crippen LogP contribution in [0.5, 0.6) is 0 Å². The van der Waals surface area contributed by atoms with E-state index in [1.54, 1.807) is 0 Å². The molecule has 5 nitrogen and oxygen atoms in total. The summed E-state index contributed by atoms with van der Waals surface area (Å²) in [5.41, 5.74) is -0.222. The summed E-state index contributed by atoms with van der Waals surface area (Å²) in [7, 11) is 0. The Balaban J connectivity index is 1.84. The molecular weight excluding hydrogens is 299 g/mol. The topological polar surface area (TPSA) is 68.0 Å². The fourth-order valence-corrected chi connectivity index (χ4v) is 2.16. The number of rotatable bonds is 4. The Bertz CT molecular complexity index is 665. The fourth-order valence-electron chi connectivity index (χ4n) is 2.16. The van der Waals surface area contributed by atoms with Crippen LogP contribution < -0.4 is 5.32 Å². The molecule has 2 aromatic heterocycles. The minimum atomic E-state index is -4.64. The van der Waals surface area contributed by atoms with Crippen molar-refractivity contribution in [2.75, 3.05) is 0 Å². The third-order valence-electron chi connectivity index (χ3n) is 3.38. The molecule has 8 heteroatoms. The molecular formula is C14H12F3N3O2. The Labute approximate surface area is 123 Å². The Hall–Kier alpha value is -2.38. The van der Waals surface area contributed by atoms with E-state index in [1.165, 1.54) is 18.3 Å². The number of amides is 1. The number of hydrogen-bond acceptors (Lipinski definition) is 4. The normalized spacial score (nSPS) is 16.3. The van der Waals surface area contributed by atoms with Gasteiger partial charge in [-0.05, 0) is 18.9 Å². The van der Waals surface area contributed by atoms with Gasteiger partial charge in [0.05, 0.1) is 0 Å². The first-order valence-corrected chi connectivity index (χ1v) is 6.67. The molecule has 0 aliphatic heterocycles. The van der Waals surface area contributed by atoms with Gasteiger partial charge >= 0.3 is 6.18 Å². The molecule has 1 fully saturated rings. The van der Waals surface area contributed by atoms with E-state index in [9.17, 15) is 18.0 Å². The first kappa shape index (κ1) is 14.6. The fraction of sp³-hybridized carbons (Fsp3) is 0.357. The zero-order valence-electron chi connectivity index (χ0n) is 11.3. The van der Waals surface area contributed by atoms with Crippen molar-refractivity contribution in [3.8, 4) is 0 Å². The zero-order chi connectivity index (χ0) is 15.7. The molecule has 1 N–H and O–H groups in total. The van der Waals surface area contributed by atoms with Crippen LogP contribution in [0.1, 0.15) is 46.6 Å². The zero-order valence-corrected chi connectivity index (χ0v) is 11.3. The summed E-state index contributed by atoms with van der Waals surface area (Å²) in [6.45, 7) is 0. The van der Waals surface area contributed by atoms with Gasteiger partial charge in [-0.15, -0.1) is 0 Å². The molecule has 0 aromatic carbocycles. The van der Waals surface area contributed by atoms with Crippen LogP contribution in [0.2, 0.25) is 0 Å². The maximum atomic E-state index is 13.2. The summed E-state index contributed by atoms with van der Waals surface area (Å²) >= 11 is 0. The maximum absolute atomic E-state index is 13.2. The number of carbonyl (C=O) groups excluding carboxylic acids is 1. The number of oxazole rings is 1. The van der Waals surface area contributed by atoms with Crippen molar-refractivity contribution in [2.24, 2.45) is 0 Å². The summed E-state index contributed by atoms with van der Waals surface area (Å²) in [6.07, 6.45) is 0.573. The van der Waals surface area contributed by atoms with Gasteiger partial charge in [-0.2, -0.15) is 13.2 Å². The van der Waals surface area contributed by atoms with Gasteiger partial charge in [0.1, 0.15) is 5.76 Å². The molecule has 2 heterocycles. The molecule has 1 saturated carbocycles. The van der Waals surface area contributed by atoms with Crippen molar-refractivity contribution < 1.29 is 22.4 Å². The standard InChI is InChI=1S/C14H12F3N3O2/c15-14(16,17)12(9-2-1-5-18-6-9)20-13(21)10-11(8-3-4-8)22-7-19-10/h1-2,5-8,12H,3-4H2,(H,20,21)/t12-/m1/s1. The van der Waals surface area contributed by atoms with Gasteiger partial charge in [-0.1, -0.05) is 6.07 Å². The number of aromatic nitrogens is 2. The highest BCUT2D eigenvalue weighted by Gasteiger charge is 2.43. The van der Waals surface area contributed by atoms with Gasteiger partial charge < -0.3 is 9.73 Å². The monoisotopic (exact) mass is 311 g/mol. The third kappa shape index (κ3) is 2.95. The Morgan fingerprint density at radius 3 is 2.77 bits per heavy atom. The lowest BCUT2D eigenvalue weighted by Gasteiger charge is -2.21. The number of halogens is 3. The van der Waals surface area contributed by atoms with E-state index >= 15 is 0 Å². The molecule has 1 aliphatic rings. The molecule has 0 unspecified atom stereocenters. The van der Waals surface area contributed by atoms with Gasteiger partial charge in [0.15, 0.2) is 18.1 Å². The quantitative estimate of drug-likeness (QED) is 0.942. The molecule has 1 amide bonds. The second kappa shape index (κ2) is 5.43. The van der Waals surface area contributed by atoms with Crippen molar-refractivity contribution in [1.82, 2.24) is 15.3 Å². The molecule has 3 rings (SSSR count). The van der Waals surface area contributed by atoms with Crippen molar-refractivity contribution in [2.45, 2.75) is 31.0 Å². The summed E-state index contributed by atoms with van der Waals surface area (Å²) in [6, 6.07) is 0.500. The molecule has 1 atom stereocenters. The molecule has 2 aromatic rings. The number of hydrogen-bond donors (Lipinski definition) is 1. The van der Waals surface area contributed by atoms with E-state index in [-0.39, 0.29) is 17.2 Å². The van der Waals surface area contributed by atoms with Gasteiger partial charge in [0, 0.05) is 23.9 Å². The van der Waals surface area contributed by atoms with Crippen LogP contribution in [0, 0.1) is 0 Å². The molecule has 0 spiro atoms. The van der Waals surface area contributed by atoms with Crippen molar-refractivity contribution >= 4 is 5.91 Å². The Kier molecular flexibility index (Phi) is 3.59. The van der Waals surface area contributed by atoms with Gasteiger partial charge in [0.2, 0.25) is 0 Å². The second-order valence-corrected chi connectivity index (χ2v) is 5.07. The van der Waals surface area contributed by atoms with Crippen LogP contribution in [0.4, 0.5) is 13.2 Å². The lowest BCUT2D eigenvalue weighted by atomic mass is 10.1. The summed E-state index contributed by atoms with van der Waals surface area (Å²) in [5.74, 6) is -0.475. The largest absolute Gasteiger partial charge is 0.447 e. The minimum Gasteiger partial charge on any atom is -0.447 e. The average Bonchev–Trinajstić information content (AvgIpc) is 3.21. The molecule has 22 heavy (non-hydrogen) atoms. The third-order valence-corrected chi connectivity index (χ3v) is 3.38. The van der Waals surface area contributed by atoms with E-state index < -0.39 is 18.1 Å². The molecule has 0 radical (unpaired) electrons. The molecule has 1 aliphatic carbocycles. The maximum Gasteiger partial charge on any atom is 0.412 e. The predicted octanol–water partition coefficient (Wildman–Crippen LogP) is 2.98. The lowest BCUT2D eigenvalue weighted by molar-refractivity contribution is -0.155. The van der Waals surface area contributed by atoms with E-state index in [4.69, 9.17) is 4.42 Å². The first-order chi connectivity index (χ1) is 10.5. The summed E-state index contributed by atoms with van der Waals surface area (Å²) in [4.78, 5) is 19.5. The van der Waals surface area contributed by atoms with Crippen LogP contribution in [0.25, 0.3) is 0 Å². The highest BCUT2D eigenvalue weighted by Crippen LogP contribution is 2.41. The Morgan fingerprint density at radius 1 is 1.41 bits per heavy atom. The SMILES string of the molecule is O=C(N[C@H](c1cccnc1)C(F)(F)F)c1ncoc1C1CC1. The molecule has 0 saturated heterocycles. The van der Waals surface area contributed by atoms with Gasteiger partial charge in [-0.3, -0.25) is 9.78 Å². The summed E-state index contributed by atoms with van der Waals surface area (Å²) in [5, 5.41) is 1.97. The van der Waals surface area contributed by atoms with Crippen LogP contribution in [-0.4, -0.2) is 22.1 Å². The van der Waals surface area contributed by atoms with Crippen LogP contribution >= 0.6 is 0 Å². The van der Waals surface area contributed by atoms with E-state index in [0.717, 1.165) is 25.4 Å². The van der Waals surface area contributed by atoms with Crippen molar-refractivity contribution in [3.05, 3.63) is 47.9 Å². The molecule has 0 bridgehead atoms. The average molecular weight is 311 g/mol. The number of nitrogens with zero attached hydrogens (tertiary/aromatic N) is 2. The van der Waals surface area contributed by atoms with Gasteiger partial charge in [0.25, 0.3) is 5.91 Å². The van der Waals surface area contributed by atoms with Crippen LogP contribution in [0.15, 0.2) is 35.3 Å². The smallest absolute Gasteiger partial charge is 0.412 e. The number of carbonyl (C=O) groups is 1. The highest BCUT2D eigenvalue weighted by molar-refractivity contribution is 5.93. The van der Waals surface area contributed by atoms with Crippen LogP contribution in [-0.2, 0) is 0 Å². The van der Waals surface area contributed by atoms with Crippen molar-refractivity contribution in [1.29, 1.82) is 0 Å². The number of pyridine rings is 1. The minimum absolute atomic E-state index is 0.0750. The Morgan fingerprint density at radius 2 is 2.18 bits per heavy atom. The van der Waals surface area contributed by atoms with Crippen LogP contribution in [0.3, 0.4) is 0 Å². The van der Waals surface area contributed by atoms with E-state index in [0.29, 0.717) is 5.76 Å². The van der Waals surface area contributed by atoms with E-state index in [2.05, 4.69) is 9.97 Å².